The van der Waals surface area contributed by atoms with E-state index in [1.165, 1.54) is 16.8 Å². The lowest BCUT2D eigenvalue weighted by atomic mass is 10.0. The van der Waals surface area contributed by atoms with Crippen molar-refractivity contribution in [2.75, 3.05) is 5.75 Å². The number of aryl methyl sites for hydroxylation is 1. The summed E-state index contributed by atoms with van der Waals surface area (Å²) in [4.78, 5) is 28.6. The normalized spacial score (nSPS) is 11.2. The van der Waals surface area contributed by atoms with Crippen LogP contribution < -0.4 is 10.3 Å². The number of hydrogen-bond donors (Lipinski definition) is 2. The molecule has 0 aliphatic carbocycles. The zero-order valence-electron chi connectivity index (χ0n) is 17.8. The van der Waals surface area contributed by atoms with Crippen LogP contribution in [0.1, 0.15) is 28.5 Å². The minimum Gasteiger partial charge on any atom is -0.331 e. The quantitative estimate of drug-likeness (QED) is 0.382. The Morgan fingerprint density at radius 1 is 1.12 bits per heavy atom. The minimum atomic E-state index is -0.667. The molecule has 4 aromatic rings. The summed E-state index contributed by atoms with van der Waals surface area (Å²) in [5.74, 6) is -1.79. The Balaban J connectivity index is 2.09. The molecule has 0 fully saturated rings. The molecule has 0 unspecified atom stereocenters. The standard InChI is InChI=1S/C24H20F3N3O2S/c1-3-33-29-24(32)22-21(16-5-4-8-28-23(16)31)17-9-13(2)19(27)11-20(17)30(22)12-14-10-15(25)6-7-18(14)26/h4-11H,3,12H2,1-2H3,(H,28,31)(H,29,32). The molecule has 0 spiro atoms. The molecule has 5 nitrogen and oxygen atoms in total. The summed E-state index contributed by atoms with van der Waals surface area (Å²) < 4.78 is 47.1. The zero-order valence-corrected chi connectivity index (χ0v) is 18.7. The molecule has 0 saturated heterocycles. The van der Waals surface area contributed by atoms with E-state index >= 15 is 0 Å². The van der Waals surface area contributed by atoms with Crippen LogP contribution in [0.3, 0.4) is 0 Å². The van der Waals surface area contributed by atoms with Crippen LogP contribution in [-0.2, 0) is 6.54 Å². The van der Waals surface area contributed by atoms with Gasteiger partial charge in [-0.2, -0.15) is 0 Å². The second-order valence-corrected chi connectivity index (χ2v) is 8.51. The summed E-state index contributed by atoms with van der Waals surface area (Å²) in [5, 5.41) is 0.453. The number of fused-ring (bicyclic) bond motifs is 1. The molecule has 4 rings (SSSR count). The Labute approximate surface area is 191 Å². The molecule has 0 aliphatic heterocycles. The zero-order chi connectivity index (χ0) is 23.7. The van der Waals surface area contributed by atoms with Crippen molar-refractivity contribution >= 4 is 28.8 Å². The fourth-order valence-electron chi connectivity index (χ4n) is 3.79. The molecule has 2 N–H and O–H groups in total. The highest BCUT2D eigenvalue weighted by Gasteiger charge is 2.27. The molecule has 0 radical (unpaired) electrons. The van der Waals surface area contributed by atoms with Gasteiger partial charge in [-0.1, -0.05) is 18.9 Å². The molecule has 0 saturated carbocycles. The van der Waals surface area contributed by atoms with Crippen LogP contribution in [0.2, 0.25) is 0 Å². The highest BCUT2D eigenvalue weighted by atomic mass is 32.2. The van der Waals surface area contributed by atoms with Crippen LogP contribution in [0.15, 0.2) is 53.5 Å². The topological polar surface area (TPSA) is 66.9 Å². The largest absolute Gasteiger partial charge is 0.331 e. The molecule has 170 valence electrons. The van der Waals surface area contributed by atoms with Gasteiger partial charge in [0.15, 0.2) is 0 Å². The molecular formula is C24H20F3N3O2S. The Kier molecular flexibility index (Phi) is 6.33. The third-order valence-electron chi connectivity index (χ3n) is 5.29. The molecule has 9 heteroatoms. The summed E-state index contributed by atoms with van der Waals surface area (Å²) in [5.41, 5.74) is 0.703. The maximum Gasteiger partial charge on any atom is 0.278 e. The summed E-state index contributed by atoms with van der Waals surface area (Å²) >= 11 is 1.15. The number of amides is 1. The highest BCUT2D eigenvalue weighted by Crippen LogP contribution is 2.36. The van der Waals surface area contributed by atoms with Crippen molar-refractivity contribution in [3.8, 4) is 11.1 Å². The molecule has 2 heterocycles. The number of aromatic amines is 1. The van der Waals surface area contributed by atoms with Crippen molar-refractivity contribution < 1.29 is 18.0 Å². The van der Waals surface area contributed by atoms with E-state index < -0.39 is 28.9 Å². The van der Waals surface area contributed by atoms with Crippen LogP contribution in [0.25, 0.3) is 22.0 Å². The highest BCUT2D eigenvalue weighted by molar-refractivity contribution is 7.97. The van der Waals surface area contributed by atoms with Crippen molar-refractivity contribution in [2.24, 2.45) is 0 Å². The van der Waals surface area contributed by atoms with Crippen LogP contribution in [0.4, 0.5) is 13.2 Å². The second-order valence-electron chi connectivity index (χ2n) is 7.44. The Hall–Kier alpha value is -3.46. The van der Waals surface area contributed by atoms with Crippen LogP contribution in [0, 0.1) is 24.4 Å². The first-order valence-electron chi connectivity index (χ1n) is 10.2. The van der Waals surface area contributed by atoms with E-state index in [0.29, 0.717) is 22.3 Å². The van der Waals surface area contributed by atoms with Crippen LogP contribution >= 0.6 is 11.9 Å². The van der Waals surface area contributed by atoms with E-state index in [4.69, 9.17) is 0 Å². The third-order valence-corrected chi connectivity index (χ3v) is 5.91. The average Bonchev–Trinajstić information content (AvgIpc) is 3.08. The van der Waals surface area contributed by atoms with Crippen molar-refractivity contribution in [3.63, 3.8) is 0 Å². The number of hydrogen-bond acceptors (Lipinski definition) is 3. The number of aromatic nitrogens is 2. The first-order valence-corrected chi connectivity index (χ1v) is 11.2. The monoisotopic (exact) mass is 471 g/mol. The van der Waals surface area contributed by atoms with Crippen LogP contribution in [0.5, 0.6) is 0 Å². The number of benzene rings is 2. The smallest absolute Gasteiger partial charge is 0.278 e. The maximum atomic E-state index is 14.6. The van der Waals surface area contributed by atoms with Crippen molar-refractivity contribution in [1.29, 1.82) is 0 Å². The molecule has 0 bridgehead atoms. The predicted molar refractivity (Wildman–Crippen MR) is 124 cm³/mol. The number of halogens is 3. The van der Waals surface area contributed by atoms with Gasteiger partial charge in [-0.25, -0.2) is 13.2 Å². The van der Waals surface area contributed by atoms with Crippen molar-refractivity contribution in [1.82, 2.24) is 14.3 Å². The molecule has 2 aromatic carbocycles. The van der Waals surface area contributed by atoms with Gasteiger partial charge >= 0.3 is 0 Å². The van der Waals surface area contributed by atoms with Crippen molar-refractivity contribution in [3.05, 3.63) is 93.3 Å². The van der Waals surface area contributed by atoms with E-state index in [1.54, 1.807) is 25.1 Å². The molecule has 0 atom stereocenters. The Bertz CT molecular complexity index is 1430. The summed E-state index contributed by atoms with van der Waals surface area (Å²) in [6, 6.07) is 8.99. The van der Waals surface area contributed by atoms with Gasteiger partial charge in [0.25, 0.3) is 11.5 Å². The fraction of sp³-hybridized carbons (Fsp3) is 0.167. The molecule has 1 amide bonds. The van der Waals surface area contributed by atoms with Gasteiger partial charge in [0.1, 0.15) is 23.1 Å². The van der Waals surface area contributed by atoms with Gasteiger partial charge in [0, 0.05) is 34.0 Å². The van der Waals surface area contributed by atoms with Gasteiger partial charge in [-0.3, -0.25) is 14.3 Å². The van der Waals surface area contributed by atoms with E-state index in [0.717, 1.165) is 30.1 Å². The van der Waals surface area contributed by atoms with Crippen LogP contribution in [-0.4, -0.2) is 21.2 Å². The third kappa shape index (κ3) is 4.28. The predicted octanol–water partition coefficient (Wildman–Crippen LogP) is 5.17. The Morgan fingerprint density at radius 2 is 1.91 bits per heavy atom. The van der Waals surface area contributed by atoms with Gasteiger partial charge in [0.05, 0.1) is 12.1 Å². The fourth-order valence-corrected chi connectivity index (χ4v) is 4.16. The first-order chi connectivity index (χ1) is 15.8. The lowest BCUT2D eigenvalue weighted by molar-refractivity contribution is 0.0977. The lowest BCUT2D eigenvalue weighted by Gasteiger charge is -2.13. The van der Waals surface area contributed by atoms with E-state index in [9.17, 15) is 22.8 Å². The first kappa shape index (κ1) is 22.7. The number of pyridine rings is 1. The number of nitrogens with one attached hydrogen (secondary N) is 2. The minimum absolute atomic E-state index is 0.0152. The molecule has 0 aliphatic rings. The summed E-state index contributed by atoms with van der Waals surface area (Å²) in [6.45, 7) is 3.18. The number of carbonyl (C=O) groups is 1. The van der Waals surface area contributed by atoms with E-state index in [1.807, 2.05) is 6.92 Å². The van der Waals surface area contributed by atoms with Gasteiger partial charge in [-0.05, 0) is 55.0 Å². The number of carbonyl (C=O) groups excluding carboxylic acids is 1. The maximum absolute atomic E-state index is 14.6. The second kappa shape index (κ2) is 9.19. The average molecular weight is 472 g/mol. The molecule has 2 aromatic heterocycles. The lowest BCUT2D eigenvalue weighted by Crippen LogP contribution is -2.22. The van der Waals surface area contributed by atoms with E-state index in [-0.39, 0.29) is 28.9 Å². The van der Waals surface area contributed by atoms with Crippen molar-refractivity contribution in [2.45, 2.75) is 20.4 Å². The van der Waals surface area contributed by atoms with Gasteiger partial charge in [0.2, 0.25) is 0 Å². The molecule has 33 heavy (non-hydrogen) atoms. The summed E-state index contributed by atoms with van der Waals surface area (Å²) in [7, 11) is 0. The number of rotatable bonds is 6. The molecular weight excluding hydrogens is 451 g/mol. The number of nitrogens with zero attached hydrogens (tertiary/aromatic N) is 1. The Morgan fingerprint density at radius 3 is 2.64 bits per heavy atom. The van der Waals surface area contributed by atoms with Gasteiger partial charge < -0.3 is 9.55 Å². The summed E-state index contributed by atoms with van der Waals surface area (Å²) in [6.07, 6.45) is 1.46. The SMILES string of the molecule is CCSNC(=O)c1c(-c2ccc[nH]c2=O)c2cc(C)c(F)cc2n1Cc1cc(F)ccc1F. The van der Waals surface area contributed by atoms with E-state index in [2.05, 4.69) is 9.71 Å². The number of H-pyrrole nitrogens is 1. The van der Waals surface area contributed by atoms with Gasteiger partial charge in [-0.15, -0.1) is 0 Å².